The van der Waals surface area contributed by atoms with Crippen molar-refractivity contribution in [2.24, 2.45) is 0 Å². The van der Waals surface area contributed by atoms with Gasteiger partial charge in [0.15, 0.2) is 0 Å². The Morgan fingerprint density at radius 3 is 2.75 bits per heavy atom. The van der Waals surface area contributed by atoms with E-state index < -0.39 is 0 Å². The predicted octanol–water partition coefficient (Wildman–Crippen LogP) is 2.15. The van der Waals surface area contributed by atoms with Gasteiger partial charge in [-0.25, -0.2) is 0 Å². The minimum absolute atomic E-state index is 0.315. The fourth-order valence-electron chi connectivity index (χ4n) is 3.57. The summed E-state index contributed by atoms with van der Waals surface area (Å²) in [5.74, 6) is 0.641. The lowest BCUT2D eigenvalue weighted by atomic mass is 10.0. The van der Waals surface area contributed by atoms with Crippen molar-refractivity contribution in [3.05, 3.63) is 29.8 Å². The molecule has 2 aliphatic rings. The first-order chi connectivity index (χ1) is 9.69. The third kappa shape index (κ3) is 2.40. The fraction of sp³-hybridized carbons (Fsp3) is 0.562. The summed E-state index contributed by atoms with van der Waals surface area (Å²) in [6.45, 7) is 4.98. The largest absolute Gasteiger partial charge is 0.508 e. The van der Waals surface area contributed by atoms with Crippen molar-refractivity contribution in [2.45, 2.75) is 38.3 Å². The van der Waals surface area contributed by atoms with Crippen molar-refractivity contribution < 1.29 is 9.90 Å². The Labute approximate surface area is 120 Å². The monoisotopic (exact) mass is 274 g/mol. The van der Waals surface area contributed by atoms with Crippen LogP contribution in [0.1, 0.15) is 37.8 Å². The molecule has 0 aromatic heterocycles. The fourth-order valence-corrected chi connectivity index (χ4v) is 3.57. The zero-order chi connectivity index (χ0) is 14.1. The van der Waals surface area contributed by atoms with E-state index in [1.54, 1.807) is 12.1 Å². The van der Waals surface area contributed by atoms with E-state index in [0.29, 0.717) is 30.2 Å². The molecule has 0 bridgehead atoms. The van der Waals surface area contributed by atoms with Crippen LogP contribution < -0.4 is 0 Å². The Balaban J connectivity index is 1.74. The summed E-state index contributed by atoms with van der Waals surface area (Å²) in [4.78, 5) is 16.3. The van der Waals surface area contributed by atoms with Crippen LogP contribution in [0.2, 0.25) is 0 Å². The molecule has 108 valence electrons. The summed E-state index contributed by atoms with van der Waals surface area (Å²) in [5, 5.41) is 9.42. The summed E-state index contributed by atoms with van der Waals surface area (Å²) in [7, 11) is 0. The van der Waals surface area contributed by atoms with Crippen molar-refractivity contribution in [2.75, 3.05) is 19.6 Å². The lowest BCUT2D eigenvalue weighted by molar-refractivity contribution is -0.131. The number of nitrogens with zero attached hydrogens (tertiary/aromatic N) is 2. The van der Waals surface area contributed by atoms with Crippen molar-refractivity contribution in [3.8, 4) is 5.75 Å². The second-order valence-electron chi connectivity index (χ2n) is 5.79. The molecule has 2 saturated heterocycles. The Hall–Kier alpha value is -1.55. The maximum Gasteiger partial charge on any atom is 0.222 e. The molecule has 2 heterocycles. The minimum Gasteiger partial charge on any atom is -0.508 e. The first-order valence-corrected chi connectivity index (χ1v) is 7.51. The van der Waals surface area contributed by atoms with Gasteiger partial charge in [-0.05, 0) is 30.5 Å². The average Bonchev–Trinajstić information content (AvgIpc) is 2.83. The predicted molar refractivity (Wildman–Crippen MR) is 77.4 cm³/mol. The van der Waals surface area contributed by atoms with Crippen molar-refractivity contribution in [1.82, 2.24) is 9.80 Å². The van der Waals surface area contributed by atoms with Gasteiger partial charge in [0, 0.05) is 38.1 Å². The molecule has 2 fully saturated rings. The number of aromatic hydroxyl groups is 1. The maximum absolute atomic E-state index is 11.7. The van der Waals surface area contributed by atoms with Gasteiger partial charge >= 0.3 is 0 Å². The molecule has 0 saturated carbocycles. The zero-order valence-electron chi connectivity index (χ0n) is 12.0. The number of hydrogen-bond donors (Lipinski definition) is 1. The molecule has 2 atom stereocenters. The van der Waals surface area contributed by atoms with Gasteiger partial charge in [0.2, 0.25) is 5.91 Å². The molecule has 4 nitrogen and oxygen atoms in total. The Morgan fingerprint density at radius 1 is 1.30 bits per heavy atom. The van der Waals surface area contributed by atoms with E-state index in [0.717, 1.165) is 32.5 Å². The van der Waals surface area contributed by atoms with Crippen LogP contribution in [-0.2, 0) is 4.79 Å². The number of piperazine rings is 1. The Morgan fingerprint density at radius 2 is 2.05 bits per heavy atom. The number of phenols is 1. The van der Waals surface area contributed by atoms with E-state index in [1.165, 1.54) is 5.56 Å². The summed E-state index contributed by atoms with van der Waals surface area (Å²) in [5.41, 5.74) is 1.25. The summed E-state index contributed by atoms with van der Waals surface area (Å²) in [6.07, 6.45) is 2.77. The first kappa shape index (κ1) is 13.4. The van der Waals surface area contributed by atoms with E-state index in [2.05, 4.69) is 16.7 Å². The number of amides is 1. The van der Waals surface area contributed by atoms with Gasteiger partial charge < -0.3 is 10.0 Å². The number of benzene rings is 1. The number of hydrogen-bond acceptors (Lipinski definition) is 3. The van der Waals surface area contributed by atoms with Crippen LogP contribution >= 0.6 is 0 Å². The highest BCUT2D eigenvalue weighted by molar-refractivity contribution is 5.78. The summed E-state index contributed by atoms with van der Waals surface area (Å²) in [6, 6.07) is 8.32. The van der Waals surface area contributed by atoms with Gasteiger partial charge in [-0.2, -0.15) is 0 Å². The standard InChI is InChI=1S/C16H22N2O2/c1-2-15(12-3-6-14(19)7-4-12)17-9-10-18-13(11-17)5-8-16(18)20/h3-4,6-7,13,15,19H,2,5,8-11H2,1H3. The SMILES string of the molecule is CCC(c1ccc(O)cc1)N1CCN2C(=O)CCC2C1. The first-order valence-electron chi connectivity index (χ1n) is 7.51. The molecule has 2 unspecified atom stereocenters. The maximum atomic E-state index is 11.7. The molecule has 20 heavy (non-hydrogen) atoms. The molecular formula is C16H22N2O2. The third-order valence-corrected chi connectivity index (χ3v) is 4.63. The number of fused-ring (bicyclic) bond motifs is 1. The highest BCUT2D eigenvalue weighted by Gasteiger charge is 2.37. The van der Waals surface area contributed by atoms with Gasteiger partial charge in [-0.3, -0.25) is 9.69 Å². The van der Waals surface area contributed by atoms with E-state index in [-0.39, 0.29) is 0 Å². The molecule has 2 aliphatic heterocycles. The van der Waals surface area contributed by atoms with Gasteiger partial charge in [-0.15, -0.1) is 0 Å². The average molecular weight is 274 g/mol. The van der Waals surface area contributed by atoms with E-state index in [9.17, 15) is 9.90 Å². The molecule has 1 N–H and O–H groups in total. The molecule has 3 rings (SSSR count). The van der Waals surface area contributed by atoms with E-state index >= 15 is 0 Å². The molecule has 4 heteroatoms. The second kappa shape index (κ2) is 5.44. The van der Waals surface area contributed by atoms with Gasteiger partial charge in [-0.1, -0.05) is 19.1 Å². The van der Waals surface area contributed by atoms with E-state index in [1.807, 2.05) is 12.1 Å². The highest BCUT2D eigenvalue weighted by atomic mass is 16.3. The van der Waals surface area contributed by atoms with Crippen molar-refractivity contribution >= 4 is 5.91 Å². The molecule has 0 aliphatic carbocycles. The van der Waals surface area contributed by atoms with Crippen LogP contribution in [0.4, 0.5) is 0 Å². The molecule has 1 aromatic carbocycles. The van der Waals surface area contributed by atoms with E-state index in [4.69, 9.17) is 0 Å². The molecular weight excluding hydrogens is 252 g/mol. The number of carbonyl (C=O) groups excluding carboxylic acids is 1. The number of carbonyl (C=O) groups is 1. The quantitative estimate of drug-likeness (QED) is 0.918. The topological polar surface area (TPSA) is 43.8 Å². The van der Waals surface area contributed by atoms with Crippen LogP contribution in [-0.4, -0.2) is 46.5 Å². The van der Waals surface area contributed by atoms with Gasteiger partial charge in [0.25, 0.3) is 0 Å². The lowest BCUT2D eigenvalue weighted by Crippen LogP contribution is -2.52. The Kier molecular flexibility index (Phi) is 3.66. The number of rotatable bonds is 3. The Bertz CT molecular complexity index is 486. The van der Waals surface area contributed by atoms with Crippen LogP contribution in [0.3, 0.4) is 0 Å². The zero-order valence-corrected chi connectivity index (χ0v) is 12.0. The van der Waals surface area contributed by atoms with Crippen LogP contribution in [0.25, 0.3) is 0 Å². The normalized spacial score (nSPS) is 24.8. The molecule has 0 radical (unpaired) electrons. The van der Waals surface area contributed by atoms with Crippen LogP contribution in [0.5, 0.6) is 5.75 Å². The molecule has 1 amide bonds. The van der Waals surface area contributed by atoms with Crippen molar-refractivity contribution in [1.29, 1.82) is 0 Å². The minimum atomic E-state index is 0.315. The summed E-state index contributed by atoms with van der Waals surface area (Å²) >= 11 is 0. The summed E-state index contributed by atoms with van der Waals surface area (Å²) < 4.78 is 0. The third-order valence-electron chi connectivity index (χ3n) is 4.63. The van der Waals surface area contributed by atoms with Crippen LogP contribution in [0, 0.1) is 0 Å². The molecule has 0 spiro atoms. The van der Waals surface area contributed by atoms with Crippen molar-refractivity contribution in [3.63, 3.8) is 0 Å². The lowest BCUT2D eigenvalue weighted by Gasteiger charge is -2.41. The second-order valence-corrected chi connectivity index (χ2v) is 5.79. The van der Waals surface area contributed by atoms with Crippen LogP contribution in [0.15, 0.2) is 24.3 Å². The smallest absolute Gasteiger partial charge is 0.222 e. The highest BCUT2D eigenvalue weighted by Crippen LogP contribution is 2.31. The van der Waals surface area contributed by atoms with Gasteiger partial charge in [0.1, 0.15) is 5.75 Å². The number of phenolic OH excluding ortho intramolecular Hbond substituents is 1. The van der Waals surface area contributed by atoms with Gasteiger partial charge in [0.05, 0.1) is 0 Å². The molecule has 1 aromatic rings.